The molecule has 0 aliphatic heterocycles. The van der Waals surface area contributed by atoms with Crippen molar-refractivity contribution in [3.8, 4) is 0 Å². The first-order valence-electron chi connectivity index (χ1n) is 8.35. The fourth-order valence-electron chi connectivity index (χ4n) is 4.79. The van der Waals surface area contributed by atoms with Crippen LogP contribution in [0.25, 0.3) is 0 Å². The topological polar surface area (TPSA) is 98.0 Å². The van der Waals surface area contributed by atoms with E-state index in [0.29, 0.717) is 12.8 Å². The number of alkyl halides is 1. The third-order valence-electron chi connectivity index (χ3n) is 5.73. The molecule has 0 saturated heterocycles. The summed E-state index contributed by atoms with van der Waals surface area (Å²) < 4.78 is 0. The number of hydrogen-bond donors (Lipinski definition) is 4. The van der Waals surface area contributed by atoms with Gasteiger partial charge in [0.2, 0.25) is 0 Å². The summed E-state index contributed by atoms with van der Waals surface area (Å²) in [5.74, 6) is -2.06. The lowest BCUT2D eigenvalue weighted by molar-refractivity contribution is -0.180. The van der Waals surface area contributed by atoms with E-state index in [4.69, 9.17) is 16.7 Å². The van der Waals surface area contributed by atoms with Crippen LogP contribution in [0.2, 0.25) is 0 Å². The molecule has 2 fully saturated rings. The van der Waals surface area contributed by atoms with Crippen molar-refractivity contribution in [1.29, 1.82) is 0 Å². The summed E-state index contributed by atoms with van der Waals surface area (Å²) in [5.41, 5.74) is -2.17. The van der Waals surface area contributed by atoms with E-state index in [9.17, 15) is 20.1 Å². The summed E-state index contributed by atoms with van der Waals surface area (Å²) in [4.78, 5) is 10.6. The molecule has 0 aromatic rings. The Labute approximate surface area is 147 Å². The van der Waals surface area contributed by atoms with Crippen molar-refractivity contribution in [2.75, 3.05) is 0 Å². The summed E-state index contributed by atoms with van der Waals surface area (Å²) in [6, 6.07) is 0. The van der Waals surface area contributed by atoms with Crippen LogP contribution in [0.3, 0.4) is 0 Å². The number of carbonyl (C=O) groups is 1. The van der Waals surface area contributed by atoms with Crippen LogP contribution in [0.1, 0.15) is 33.6 Å². The minimum absolute atomic E-state index is 0.0156. The van der Waals surface area contributed by atoms with Crippen molar-refractivity contribution in [2.45, 2.75) is 56.3 Å². The molecule has 0 bridgehead atoms. The molecule has 0 aromatic carbocycles. The molecule has 6 heteroatoms. The largest absolute Gasteiger partial charge is 0.478 e. The highest BCUT2D eigenvalue weighted by Crippen LogP contribution is 2.54. The van der Waals surface area contributed by atoms with Crippen molar-refractivity contribution < 1.29 is 25.2 Å². The van der Waals surface area contributed by atoms with Crippen LogP contribution >= 0.6 is 11.6 Å². The number of fused-ring (bicyclic) bond motifs is 1. The quantitative estimate of drug-likeness (QED) is 0.351. The summed E-state index contributed by atoms with van der Waals surface area (Å²) in [6.07, 6.45) is 5.56. The first-order valence-corrected chi connectivity index (χ1v) is 8.79. The van der Waals surface area contributed by atoms with E-state index >= 15 is 0 Å². The van der Waals surface area contributed by atoms with Crippen molar-refractivity contribution >= 4 is 17.6 Å². The minimum atomic E-state index is -1.27. The van der Waals surface area contributed by atoms with E-state index in [1.165, 1.54) is 12.2 Å². The Morgan fingerprint density at radius 2 is 1.83 bits per heavy atom. The first-order chi connectivity index (χ1) is 11.0. The van der Waals surface area contributed by atoms with Crippen LogP contribution in [-0.4, -0.2) is 49.1 Å². The van der Waals surface area contributed by atoms with Gasteiger partial charge in [0.05, 0.1) is 22.7 Å². The molecule has 0 unspecified atom stereocenters. The second-order valence-electron chi connectivity index (χ2n) is 7.74. The van der Waals surface area contributed by atoms with Gasteiger partial charge in [0.15, 0.2) is 0 Å². The molecule has 5 nitrogen and oxygen atoms in total. The molecule has 0 amide bonds. The van der Waals surface area contributed by atoms with Crippen LogP contribution in [0.5, 0.6) is 0 Å². The Morgan fingerprint density at radius 1 is 1.21 bits per heavy atom. The van der Waals surface area contributed by atoms with Gasteiger partial charge in [-0.25, -0.2) is 4.79 Å². The van der Waals surface area contributed by atoms with E-state index in [1.807, 2.05) is 6.92 Å². The molecule has 2 saturated carbocycles. The van der Waals surface area contributed by atoms with Crippen molar-refractivity contribution in [3.63, 3.8) is 0 Å². The van der Waals surface area contributed by atoms with Crippen molar-refractivity contribution in [2.24, 2.45) is 23.7 Å². The fraction of sp³-hybridized carbons (Fsp3) is 0.722. The molecule has 24 heavy (non-hydrogen) atoms. The normalized spacial score (nSPS) is 49.5. The predicted molar refractivity (Wildman–Crippen MR) is 91.7 cm³/mol. The molecule has 2 rings (SSSR count). The first kappa shape index (κ1) is 19.4. The van der Waals surface area contributed by atoms with E-state index in [1.54, 1.807) is 19.9 Å². The number of aliphatic hydroxyl groups excluding tert-OH is 1. The van der Waals surface area contributed by atoms with Crippen LogP contribution in [0, 0.1) is 23.7 Å². The highest BCUT2D eigenvalue weighted by atomic mass is 35.5. The van der Waals surface area contributed by atoms with Crippen LogP contribution in [0.4, 0.5) is 0 Å². The van der Waals surface area contributed by atoms with Gasteiger partial charge in [0.25, 0.3) is 0 Å². The Kier molecular flexibility index (Phi) is 5.50. The summed E-state index contributed by atoms with van der Waals surface area (Å²) in [6.45, 7) is 5.51. The summed E-state index contributed by atoms with van der Waals surface area (Å²) in [5, 5.41) is 40.5. The van der Waals surface area contributed by atoms with Crippen molar-refractivity contribution in [3.05, 3.63) is 24.3 Å². The highest BCUT2D eigenvalue weighted by Gasteiger charge is 2.59. The van der Waals surface area contributed by atoms with E-state index in [-0.39, 0.29) is 17.8 Å². The van der Waals surface area contributed by atoms with Crippen LogP contribution < -0.4 is 0 Å². The Bertz CT molecular complexity index is 544. The van der Waals surface area contributed by atoms with Gasteiger partial charge >= 0.3 is 5.97 Å². The Hall–Kier alpha value is -0.880. The second kappa shape index (κ2) is 6.79. The molecule has 4 N–H and O–H groups in total. The average molecular weight is 359 g/mol. The minimum Gasteiger partial charge on any atom is -0.478 e. The molecule has 8 atom stereocenters. The van der Waals surface area contributed by atoms with Crippen LogP contribution in [-0.2, 0) is 4.79 Å². The molecule has 0 aromatic heterocycles. The molecule has 2 aliphatic carbocycles. The zero-order valence-electron chi connectivity index (χ0n) is 14.3. The van der Waals surface area contributed by atoms with Crippen LogP contribution in [0.15, 0.2) is 24.3 Å². The van der Waals surface area contributed by atoms with Crippen molar-refractivity contribution in [1.82, 2.24) is 0 Å². The maximum Gasteiger partial charge on any atom is 0.328 e. The standard InChI is InChI=1S/C18H27ClO5/c1-10-8-17(3,23)9-12-14(10)18(24,7-5-4-6-13(20)21)11(2)15(19)16(12)22/h4-7,10-12,14-16,22-24H,8-9H2,1-3H3,(H,20,21)/b6-4+,7-5+/t10-,11+,12+,14+,15+,16+,17-,18-/m0/s1. The maximum absolute atomic E-state index is 11.4. The Balaban J connectivity index is 2.39. The molecule has 0 heterocycles. The van der Waals surface area contributed by atoms with Gasteiger partial charge in [-0.15, -0.1) is 11.6 Å². The SMILES string of the molecule is C[C@@H]1[C@@H](Cl)[C@H](O)[C@@H]2C[C@@](C)(O)C[C@H](C)[C@H]2[C@]1(O)/C=C/C=C/C(=O)O. The monoisotopic (exact) mass is 358 g/mol. The van der Waals surface area contributed by atoms with E-state index < -0.39 is 34.6 Å². The molecular formula is C18H27ClO5. The fourth-order valence-corrected chi connectivity index (χ4v) is 5.18. The molecule has 2 aliphatic rings. The predicted octanol–water partition coefficient (Wildman–Crippen LogP) is 1.95. The van der Waals surface area contributed by atoms with Gasteiger partial charge in [-0.1, -0.05) is 32.1 Å². The van der Waals surface area contributed by atoms with Gasteiger partial charge < -0.3 is 20.4 Å². The van der Waals surface area contributed by atoms with Gasteiger partial charge in [-0.05, 0) is 37.5 Å². The lowest BCUT2D eigenvalue weighted by atomic mass is 9.52. The third kappa shape index (κ3) is 3.54. The van der Waals surface area contributed by atoms with E-state index in [0.717, 1.165) is 6.08 Å². The number of carboxylic acids is 1. The molecule has 136 valence electrons. The number of carboxylic acid groups (broad SMARTS) is 1. The zero-order valence-corrected chi connectivity index (χ0v) is 15.0. The van der Waals surface area contributed by atoms with Gasteiger partial charge in [-0.2, -0.15) is 0 Å². The molecular weight excluding hydrogens is 332 g/mol. The number of rotatable bonds is 3. The summed E-state index contributed by atoms with van der Waals surface area (Å²) in [7, 11) is 0. The van der Waals surface area contributed by atoms with Gasteiger partial charge in [-0.3, -0.25) is 0 Å². The average Bonchev–Trinajstić information content (AvgIpc) is 2.46. The molecule has 0 spiro atoms. The lowest BCUT2D eigenvalue weighted by Crippen LogP contribution is -2.64. The number of hydrogen-bond acceptors (Lipinski definition) is 4. The number of aliphatic carboxylic acids is 1. The lowest BCUT2D eigenvalue weighted by Gasteiger charge is -2.58. The Morgan fingerprint density at radius 3 is 2.42 bits per heavy atom. The second-order valence-corrected chi connectivity index (χ2v) is 8.24. The smallest absolute Gasteiger partial charge is 0.328 e. The molecule has 0 radical (unpaired) electrons. The van der Waals surface area contributed by atoms with Gasteiger partial charge in [0, 0.05) is 12.0 Å². The van der Waals surface area contributed by atoms with Gasteiger partial charge in [0.1, 0.15) is 0 Å². The summed E-state index contributed by atoms with van der Waals surface area (Å²) >= 11 is 6.39. The van der Waals surface area contributed by atoms with E-state index in [2.05, 4.69) is 0 Å². The zero-order chi connectivity index (χ0) is 18.3. The maximum atomic E-state index is 11.4. The number of aliphatic hydroxyl groups is 3. The number of allylic oxidation sites excluding steroid dienone is 2. The third-order valence-corrected chi connectivity index (χ3v) is 6.37. The highest BCUT2D eigenvalue weighted by molar-refractivity contribution is 6.21. The number of halogens is 1.